The molecule has 3 rings (SSSR count). The van der Waals surface area contributed by atoms with Gasteiger partial charge in [-0.2, -0.15) is 0 Å². The number of amides is 2. The minimum atomic E-state index is -0.345. The van der Waals surface area contributed by atoms with Crippen LogP contribution in [-0.4, -0.2) is 56.3 Å². The summed E-state index contributed by atoms with van der Waals surface area (Å²) in [7, 11) is 3.36. The van der Waals surface area contributed by atoms with Gasteiger partial charge in [-0.25, -0.2) is 4.98 Å². The summed E-state index contributed by atoms with van der Waals surface area (Å²) in [5.41, 5.74) is 1.62. The van der Waals surface area contributed by atoms with Crippen LogP contribution >= 0.6 is 23.1 Å². The van der Waals surface area contributed by atoms with Crippen molar-refractivity contribution >= 4 is 40.0 Å². The zero-order valence-corrected chi connectivity index (χ0v) is 21.5. The third kappa shape index (κ3) is 6.03. The van der Waals surface area contributed by atoms with Crippen LogP contribution in [0.15, 0.2) is 42.1 Å². The van der Waals surface area contributed by atoms with Gasteiger partial charge in [-0.15, -0.1) is 16.8 Å². The Morgan fingerprint density at radius 1 is 1.29 bits per heavy atom. The molecule has 0 aliphatic rings. The van der Waals surface area contributed by atoms with Gasteiger partial charge in [0.1, 0.15) is 10.6 Å². The van der Waals surface area contributed by atoms with E-state index in [9.17, 15) is 9.59 Å². The Labute approximate surface area is 207 Å². The highest BCUT2D eigenvalue weighted by molar-refractivity contribution is 7.99. The smallest absolute Gasteiger partial charge is 0.265 e. The molecule has 0 bridgehead atoms. The summed E-state index contributed by atoms with van der Waals surface area (Å²) in [5, 5.41) is 12.3. The summed E-state index contributed by atoms with van der Waals surface area (Å²) < 4.78 is 7.99. The van der Waals surface area contributed by atoms with Crippen LogP contribution in [0.5, 0.6) is 5.75 Å². The number of aryl methyl sites for hydroxylation is 2. The number of thioether (sulfide) groups is 1. The summed E-state index contributed by atoms with van der Waals surface area (Å²) >= 11 is 2.42. The van der Waals surface area contributed by atoms with Gasteiger partial charge in [-0.1, -0.05) is 47.4 Å². The lowest BCUT2D eigenvalue weighted by molar-refractivity contribution is -0.113. The van der Waals surface area contributed by atoms with Crippen molar-refractivity contribution < 1.29 is 14.3 Å². The number of anilines is 1. The van der Waals surface area contributed by atoms with Gasteiger partial charge in [0, 0.05) is 20.6 Å². The summed E-state index contributed by atoms with van der Waals surface area (Å²) in [6.07, 6.45) is 1.40. The fourth-order valence-electron chi connectivity index (χ4n) is 3.08. The molecule has 0 spiro atoms. The molecule has 2 aromatic heterocycles. The van der Waals surface area contributed by atoms with E-state index in [1.807, 2.05) is 42.7 Å². The van der Waals surface area contributed by atoms with Crippen LogP contribution in [-0.2, 0) is 11.3 Å². The maximum atomic E-state index is 12.5. The van der Waals surface area contributed by atoms with Crippen LogP contribution in [0.3, 0.4) is 0 Å². The number of aromatic nitrogens is 4. The molecule has 0 saturated carbocycles. The van der Waals surface area contributed by atoms with Crippen LogP contribution in [0.4, 0.5) is 5.13 Å². The molecule has 0 saturated heterocycles. The second kappa shape index (κ2) is 11.3. The first-order chi connectivity index (χ1) is 16.2. The lowest BCUT2D eigenvalue weighted by Gasteiger charge is -2.17. The number of benzene rings is 1. The fourth-order valence-corrected chi connectivity index (χ4v) is 4.84. The highest BCUT2D eigenvalue weighted by Gasteiger charge is 2.21. The third-order valence-corrected chi connectivity index (χ3v) is 6.82. The first-order valence-corrected chi connectivity index (χ1v) is 12.4. The first-order valence-electron chi connectivity index (χ1n) is 10.6. The molecule has 1 unspecified atom stereocenters. The van der Waals surface area contributed by atoms with Gasteiger partial charge in [0.2, 0.25) is 5.91 Å². The number of thiazole rings is 1. The van der Waals surface area contributed by atoms with Crippen molar-refractivity contribution in [1.29, 1.82) is 0 Å². The van der Waals surface area contributed by atoms with Crippen molar-refractivity contribution in [2.24, 2.45) is 0 Å². The van der Waals surface area contributed by atoms with Crippen molar-refractivity contribution in [2.45, 2.75) is 38.6 Å². The number of hydrogen-bond donors (Lipinski definition) is 1. The molecule has 0 aliphatic carbocycles. The van der Waals surface area contributed by atoms with Crippen molar-refractivity contribution in [1.82, 2.24) is 24.6 Å². The van der Waals surface area contributed by atoms with Crippen molar-refractivity contribution in [3.8, 4) is 5.75 Å². The molecule has 1 atom stereocenters. The highest BCUT2D eigenvalue weighted by atomic mass is 32.2. The largest absolute Gasteiger partial charge is 0.482 e. The molecule has 3 aromatic rings. The molecule has 34 heavy (non-hydrogen) atoms. The van der Waals surface area contributed by atoms with Crippen LogP contribution in [0.25, 0.3) is 0 Å². The fraction of sp³-hybridized carbons (Fsp3) is 0.348. The minimum Gasteiger partial charge on any atom is -0.482 e. The highest BCUT2D eigenvalue weighted by Crippen LogP contribution is 2.27. The number of allylic oxidation sites excluding steroid dienone is 1. The third-order valence-electron chi connectivity index (χ3n) is 4.79. The molecule has 2 amide bonds. The van der Waals surface area contributed by atoms with E-state index in [4.69, 9.17) is 4.74 Å². The number of carbonyl (C=O) groups is 2. The number of nitrogens with zero attached hydrogens (tertiary/aromatic N) is 5. The Morgan fingerprint density at radius 2 is 2.03 bits per heavy atom. The number of rotatable bonds is 10. The standard InChI is InChI=1S/C23H28N6O3S2/c1-7-12-29-20(16(4)32-17-11-9-8-10-14(17)2)26-27-23(29)33-13-18(30)25-22-24-15(3)19(34-22)21(31)28(5)6/h7-11,16H,1,12-13H2,2-6H3,(H,24,25,30). The molecule has 0 radical (unpaired) electrons. The van der Waals surface area contributed by atoms with Gasteiger partial charge < -0.3 is 15.0 Å². The van der Waals surface area contributed by atoms with E-state index in [1.54, 1.807) is 27.1 Å². The van der Waals surface area contributed by atoms with E-state index in [0.29, 0.717) is 33.2 Å². The van der Waals surface area contributed by atoms with Crippen LogP contribution in [0.2, 0.25) is 0 Å². The average molecular weight is 501 g/mol. The second-order valence-corrected chi connectivity index (χ2v) is 9.68. The van der Waals surface area contributed by atoms with Gasteiger partial charge in [0.15, 0.2) is 22.2 Å². The van der Waals surface area contributed by atoms with E-state index in [-0.39, 0.29) is 23.7 Å². The summed E-state index contributed by atoms with van der Waals surface area (Å²) in [6.45, 7) is 9.95. The van der Waals surface area contributed by atoms with E-state index in [1.165, 1.54) is 16.7 Å². The molecule has 1 aromatic carbocycles. The molecule has 11 heteroatoms. The van der Waals surface area contributed by atoms with Gasteiger partial charge >= 0.3 is 0 Å². The zero-order chi connectivity index (χ0) is 24.8. The van der Waals surface area contributed by atoms with Gasteiger partial charge in [0.05, 0.1) is 11.4 Å². The predicted molar refractivity (Wildman–Crippen MR) is 135 cm³/mol. The van der Waals surface area contributed by atoms with E-state index in [2.05, 4.69) is 27.1 Å². The number of carbonyl (C=O) groups excluding carboxylic acids is 2. The minimum absolute atomic E-state index is 0.109. The molecule has 9 nitrogen and oxygen atoms in total. The number of hydrogen-bond acceptors (Lipinski definition) is 8. The quantitative estimate of drug-likeness (QED) is 0.330. The number of nitrogens with one attached hydrogen (secondary N) is 1. The Balaban J connectivity index is 1.67. The van der Waals surface area contributed by atoms with E-state index < -0.39 is 0 Å². The van der Waals surface area contributed by atoms with Crippen molar-refractivity contribution in [3.05, 3.63) is 58.9 Å². The second-order valence-electron chi connectivity index (χ2n) is 7.74. The summed E-state index contributed by atoms with van der Waals surface area (Å²) in [5.74, 6) is 1.15. The van der Waals surface area contributed by atoms with Gasteiger partial charge in [-0.3, -0.25) is 14.2 Å². The van der Waals surface area contributed by atoms with Crippen molar-refractivity contribution in [3.63, 3.8) is 0 Å². The number of para-hydroxylation sites is 1. The van der Waals surface area contributed by atoms with Gasteiger partial charge in [-0.05, 0) is 32.4 Å². The maximum absolute atomic E-state index is 12.5. The van der Waals surface area contributed by atoms with Crippen molar-refractivity contribution in [2.75, 3.05) is 25.2 Å². The van der Waals surface area contributed by atoms with Crippen LogP contribution in [0.1, 0.15) is 39.8 Å². The molecule has 2 heterocycles. The molecule has 1 N–H and O–H groups in total. The average Bonchev–Trinajstić information content (AvgIpc) is 3.36. The monoisotopic (exact) mass is 500 g/mol. The topological polar surface area (TPSA) is 102 Å². The molecular weight excluding hydrogens is 472 g/mol. The SMILES string of the molecule is C=CCn1c(SCC(=O)Nc2nc(C)c(C(=O)N(C)C)s2)nnc1C(C)Oc1ccccc1C. The van der Waals surface area contributed by atoms with Crippen LogP contribution < -0.4 is 10.1 Å². The lowest BCUT2D eigenvalue weighted by Crippen LogP contribution is -2.21. The predicted octanol–water partition coefficient (Wildman–Crippen LogP) is 4.11. The number of ether oxygens (including phenoxy) is 1. The molecular formula is C23H28N6O3S2. The Morgan fingerprint density at radius 3 is 2.71 bits per heavy atom. The Hall–Kier alpha value is -3.18. The maximum Gasteiger partial charge on any atom is 0.265 e. The lowest BCUT2D eigenvalue weighted by atomic mass is 10.2. The summed E-state index contributed by atoms with van der Waals surface area (Å²) in [6, 6.07) is 7.78. The molecule has 0 aliphatic heterocycles. The Bertz CT molecular complexity index is 1190. The molecule has 180 valence electrons. The summed E-state index contributed by atoms with van der Waals surface area (Å²) in [4.78, 5) is 31.0. The van der Waals surface area contributed by atoms with E-state index >= 15 is 0 Å². The molecule has 0 fully saturated rings. The van der Waals surface area contributed by atoms with Crippen LogP contribution in [0, 0.1) is 13.8 Å². The van der Waals surface area contributed by atoms with Gasteiger partial charge in [0.25, 0.3) is 5.91 Å². The Kier molecular flexibility index (Phi) is 8.46. The first kappa shape index (κ1) is 25.4. The van der Waals surface area contributed by atoms with E-state index in [0.717, 1.165) is 22.6 Å². The zero-order valence-electron chi connectivity index (χ0n) is 19.9. The normalized spacial score (nSPS) is 11.7.